The molecule has 0 saturated carbocycles. The lowest BCUT2D eigenvalue weighted by Gasteiger charge is -2.34. The van der Waals surface area contributed by atoms with Gasteiger partial charge >= 0.3 is 0 Å². The summed E-state index contributed by atoms with van der Waals surface area (Å²) in [6, 6.07) is 9.21. The first-order valence-electron chi connectivity index (χ1n) is 8.49. The van der Waals surface area contributed by atoms with Gasteiger partial charge in [-0.05, 0) is 24.6 Å². The number of rotatable bonds is 5. The highest BCUT2D eigenvalue weighted by molar-refractivity contribution is 7.88. The lowest BCUT2D eigenvalue weighted by Crippen LogP contribution is -2.48. The molecule has 1 saturated heterocycles. The SMILES string of the molecule is CC(Nc1nc(Cl)cc(N2CCN(S(C)(=O)=O)CC2)n1)c1ccc(Cl)cc1. The highest BCUT2D eigenvalue weighted by Gasteiger charge is 2.24. The number of hydrogen-bond donors (Lipinski definition) is 1. The van der Waals surface area contributed by atoms with Crippen molar-refractivity contribution in [3.05, 3.63) is 46.1 Å². The monoisotopic (exact) mass is 429 g/mol. The molecular formula is C17H21Cl2N5O2S. The lowest BCUT2D eigenvalue weighted by molar-refractivity contribution is 0.387. The van der Waals surface area contributed by atoms with Crippen LogP contribution >= 0.6 is 23.2 Å². The number of sulfonamides is 1. The fourth-order valence-electron chi connectivity index (χ4n) is 2.91. The van der Waals surface area contributed by atoms with Gasteiger partial charge in [0.2, 0.25) is 16.0 Å². The van der Waals surface area contributed by atoms with Gasteiger partial charge in [0.05, 0.1) is 12.3 Å². The van der Waals surface area contributed by atoms with Crippen LogP contribution in [0.5, 0.6) is 0 Å². The van der Waals surface area contributed by atoms with Gasteiger partial charge in [-0.25, -0.2) is 13.4 Å². The molecule has 2 heterocycles. The number of hydrogen-bond acceptors (Lipinski definition) is 6. The minimum atomic E-state index is -3.17. The average Bonchev–Trinajstić information content (AvgIpc) is 2.61. The summed E-state index contributed by atoms with van der Waals surface area (Å²) in [5.74, 6) is 1.10. The van der Waals surface area contributed by atoms with E-state index < -0.39 is 10.0 Å². The Morgan fingerprint density at radius 2 is 1.70 bits per heavy atom. The second-order valence-electron chi connectivity index (χ2n) is 6.44. The first kappa shape index (κ1) is 20.1. The van der Waals surface area contributed by atoms with Crippen LogP contribution in [0.15, 0.2) is 30.3 Å². The highest BCUT2D eigenvalue weighted by Crippen LogP contribution is 2.24. The molecule has 27 heavy (non-hydrogen) atoms. The van der Waals surface area contributed by atoms with Crippen LogP contribution in [0.25, 0.3) is 0 Å². The summed E-state index contributed by atoms with van der Waals surface area (Å²) >= 11 is 12.1. The van der Waals surface area contributed by atoms with Gasteiger partial charge in [-0.1, -0.05) is 35.3 Å². The molecule has 0 spiro atoms. The van der Waals surface area contributed by atoms with Crippen molar-refractivity contribution < 1.29 is 8.42 Å². The summed E-state index contributed by atoms with van der Waals surface area (Å²) in [7, 11) is -3.17. The zero-order valence-corrected chi connectivity index (χ0v) is 17.4. The summed E-state index contributed by atoms with van der Waals surface area (Å²) in [5, 5.41) is 4.26. The van der Waals surface area contributed by atoms with Gasteiger partial charge in [-0.15, -0.1) is 0 Å². The van der Waals surface area contributed by atoms with E-state index in [0.717, 1.165) is 5.56 Å². The molecule has 0 amide bonds. The topological polar surface area (TPSA) is 78.4 Å². The second-order valence-corrected chi connectivity index (χ2v) is 9.25. The third kappa shape index (κ3) is 5.22. The van der Waals surface area contributed by atoms with Crippen LogP contribution in [0.1, 0.15) is 18.5 Å². The molecule has 1 aromatic carbocycles. The molecule has 2 aromatic rings. The van der Waals surface area contributed by atoms with Gasteiger partial charge in [0.1, 0.15) is 11.0 Å². The van der Waals surface area contributed by atoms with Crippen LogP contribution in [-0.4, -0.2) is 55.1 Å². The van der Waals surface area contributed by atoms with E-state index in [-0.39, 0.29) is 6.04 Å². The second kappa shape index (κ2) is 8.18. The molecule has 0 radical (unpaired) electrons. The van der Waals surface area contributed by atoms with E-state index in [1.165, 1.54) is 10.6 Å². The number of nitrogens with one attached hydrogen (secondary N) is 1. The molecule has 146 valence electrons. The quantitative estimate of drug-likeness (QED) is 0.735. The van der Waals surface area contributed by atoms with Gasteiger partial charge < -0.3 is 10.2 Å². The van der Waals surface area contributed by atoms with E-state index in [4.69, 9.17) is 23.2 Å². The Kier molecular flexibility index (Phi) is 6.10. The van der Waals surface area contributed by atoms with E-state index in [9.17, 15) is 8.42 Å². The number of anilines is 2. The van der Waals surface area contributed by atoms with E-state index in [0.29, 0.717) is 48.1 Å². The average molecular weight is 430 g/mol. The molecule has 0 bridgehead atoms. The third-order valence-corrected chi connectivity index (χ3v) is 6.18. The van der Waals surface area contributed by atoms with Crippen LogP contribution in [0.4, 0.5) is 11.8 Å². The molecule has 10 heteroatoms. The minimum Gasteiger partial charge on any atom is -0.354 e. The molecule has 1 aliphatic heterocycles. The van der Waals surface area contributed by atoms with E-state index >= 15 is 0 Å². The van der Waals surface area contributed by atoms with Gasteiger partial charge in [0, 0.05) is 37.3 Å². The summed E-state index contributed by atoms with van der Waals surface area (Å²) in [6.07, 6.45) is 1.23. The van der Waals surface area contributed by atoms with Crippen molar-refractivity contribution in [1.29, 1.82) is 0 Å². The normalized spacial score (nSPS) is 17.0. The highest BCUT2D eigenvalue weighted by atomic mass is 35.5. The first-order chi connectivity index (χ1) is 12.7. The number of halogens is 2. The van der Waals surface area contributed by atoms with E-state index in [1.807, 2.05) is 36.1 Å². The minimum absolute atomic E-state index is 0.0318. The molecule has 0 aliphatic carbocycles. The number of benzene rings is 1. The zero-order chi connectivity index (χ0) is 19.6. The largest absolute Gasteiger partial charge is 0.354 e. The predicted molar refractivity (Wildman–Crippen MR) is 109 cm³/mol. The molecule has 1 N–H and O–H groups in total. The van der Waals surface area contributed by atoms with Gasteiger partial charge in [0.15, 0.2) is 0 Å². The number of aromatic nitrogens is 2. The molecule has 1 atom stereocenters. The smallest absolute Gasteiger partial charge is 0.226 e. The molecule has 1 aromatic heterocycles. The Morgan fingerprint density at radius 3 is 2.30 bits per heavy atom. The lowest BCUT2D eigenvalue weighted by atomic mass is 10.1. The molecule has 1 unspecified atom stereocenters. The zero-order valence-electron chi connectivity index (χ0n) is 15.1. The fourth-order valence-corrected chi connectivity index (χ4v) is 4.04. The van der Waals surface area contributed by atoms with Crippen LogP contribution in [0, 0.1) is 0 Å². The van der Waals surface area contributed by atoms with Gasteiger partial charge in [-0.2, -0.15) is 9.29 Å². The molecule has 3 rings (SSSR count). The van der Waals surface area contributed by atoms with E-state index in [2.05, 4.69) is 15.3 Å². The van der Waals surface area contributed by atoms with Crippen molar-refractivity contribution in [2.75, 3.05) is 42.7 Å². The van der Waals surface area contributed by atoms with Crippen molar-refractivity contribution in [1.82, 2.24) is 14.3 Å². The summed E-state index contributed by atoms with van der Waals surface area (Å²) in [4.78, 5) is 10.8. The maximum atomic E-state index is 11.7. The van der Waals surface area contributed by atoms with Crippen molar-refractivity contribution >= 4 is 45.0 Å². The van der Waals surface area contributed by atoms with Crippen LogP contribution in [-0.2, 0) is 10.0 Å². The van der Waals surface area contributed by atoms with Gasteiger partial charge in [0.25, 0.3) is 0 Å². The van der Waals surface area contributed by atoms with Crippen molar-refractivity contribution in [2.45, 2.75) is 13.0 Å². The molecule has 1 aliphatic rings. The first-order valence-corrected chi connectivity index (χ1v) is 11.1. The fraction of sp³-hybridized carbons (Fsp3) is 0.412. The maximum Gasteiger partial charge on any atom is 0.226 e. The Labute approximate surface area is 169 Å². The summed E-state index contributed by atoms with van der Waals surface area (Å²) < 4.78 is 24.8. The molecule has 7 nitrogen and oxygen atoms in total. The van der Waals surface area contributed by atoms with Crippen molar-refractivity contribution in [3.63, 3.8) is 0 Å². The maximum absolute atomic E-state index is 11.7. The molecular weight excluding hydrogens is 409 g/mol. The van der Waals surface area contributed by atoms with Crippen LogP contribution in [0.2, 0.25) is 10.2 Å². The summed E-state index contributed by atoms with van der Waals surface area (Å²) in [6.45, 7) is 3.94. The number of piperazine rings is 1. The Bertz CT molecular complexity index is 900. The standard InChI is InChI=1S/C17H21Cl2N5O2S/c1-12(13-3-5-14(18)6-4-13)20-17-21-15(19)11-16(22-17)23-7-9-24(10-8-23)27(2,25)26/h3-6,11-12H,7-10H2,1-2H3,(H,20,21,22). The van der Waals surface area contributed by atoms with Gasteiger partial charge in [-0.3, -0.25) is 0 Å². The summed E-state index contributed by atoms with van der Waals surface area (Å²) in [5.41, 5.74) is 1.05. The Hall–Kier alpha value is -1.61. The predicted octanol–water partition coefficient (Wildman–Crippen LogP) is 3.04. The number of nitrogens with zero attached hydrogens (tertiary/aromatic N) is 4. The van der Waals surface area contributed by atoms with Crippen LogP contribution < -0.4 is 10.2 Å². The molecule has 1 fully saturated rings. The Balaban J connectivity index is 1.72. The van der Waals surface area contributed by atoms with Crippen LogP contribution in [0.3, 0.4) is 0 Å². The van der Waals surface area contributed by atoms with E-state index in [1.54, 1.807) is 6.07 Å². The Morgan fingerprint density at radius 1 is 1.07 bits per heavy atom. The van der Waals surface area contributed by atoms with Crippen molar-refractivity contribution in [3.8, 4) is 0 Å². The van der Waals surface area contributed by atoms with Crippen molar-refractivity contribution in [2.24, 2.45) is 0 Å². The third-order valence-electron chi connectivity index (χ3n) is 4.43.